The molecule has 1 fully saturated rings. The van der Waals surface area contributed by atoms with Gasteiger partial charge in [-0.3, -0.25) is 14.5 Å². The highest BCUT2D eigenvalue weighted by Crippen LogP contribution is 2.43. The third kappa shape index (κ3) is 4.84. The first-order chi connectivity index (χ1) is 17.7. The minimum Gasteiger partial charge on any atom is -0.507 e. The summed E-state index contributed by atoms with van der Waals surface area (Å²) in [5.74, 6) is -0.0907. The lowest BCUT2D eigenvalue weighted by Crippen LogP contribution is -2.29. The minimum atomic E-state index is -0.790. The van der Waals surface area contributed by atoms with E-state index in [9.17, 15) is 14.7 Å². The molecule has 1 aliphatic heterocycles. The lowest BCUT2D eigenvalue weighted by atomic mass is 9.90. The molecule has 0 saturated carbocycles. The van der Waals surface area contributed by atoms with E-state index in [0.717, 1.165) is 22.3 Å². The Labute approximate surface area is 218 Å². The predicted molar refractivity (Wildman–Crippen MR) is 145 cm³/mol. The van der Waals surface area contributed by atoms with E-state index in [1.807, 2.05) is 71.0 Å². The number of aryl methyl sites for hydroxylation is 2. The van der Waals surface area contributed by atoms with Gasteiger partial charge in [0.25, 0.3) is 11.7 Å². The van der Waals surface area contributed by atoms with Crippen molar-refractivity contribution in [3.05, 3.63) is 94.1 Å². The van der Waals surface area contributed by atoms with Gasteiger partial charge in [-0.15, -0.1) is 0 Å². The molecule has 0 aliphatic carbocycles. The topological polar surface area (TPSA) is 76.1 Å². The van der Waals surface area contributed by atoms with Crippen molar-refractivity contribution in [2.45, 2.75) is 46.6 Å². The molecule has 0 radical (unpaired) electrons. The molecule has 0 spiro atoms. The van der Waals surface area contributed by atoms with Gasteiger partial charge in [0.15, 0.2) is 0 Å². The van der Waals surface area contributed by atoms with Crippen molar-refractivity contribution in [3.63, 3.8) is 0 Å². The van der Waals surface area contributed by atoms with Gasteiger partial charge in [0, 0.05) is 11.3 Å². The molecule has 37 heavy (non-hydrogen) atoms. The van der Waals surface area contributed by atoms with Crippen LogP contribution in [0, 0.1) is 13.8 Å². The lowest BCUT2D eigenvalue weighted by Gasteiger charge is -2.26. The van der Waals surface area contributed by atoms with E-state index in [1.54, 1.807) is 31.4 Å². The molecule has 0 bridgehead atoms. The SMILES string of the molecule is CCOc1ccc(N2C(=O)C(=O)/C(=C(/O)c3cc(C(C)C)c(OC)cc3C)C2c2cccc(C)c2)cc1. The number of ketones is 1. The zero-order chi connectivity index (χ0) is 26.9. The second kappa shape index (κ2) is 10.5. The van der Waals surface area contributed by atoms with Crippen molar-refractivity contribution in [1.82, 2.24) is 0 Å². The molecule has 3 aromatic rings. The number of nitrogens with zero attached hydrogens (tertiary/aromatic N) is 1. The number of hydrogen-bond donors (Lipinski definition) is 1. The molecule has 0 aromatic heterocycles. The van der Waals surface area contributed by atoms with Gasteiger partial charge >= 0.3 is 0 Å². The number of carbonyl (C=O) groups is 2. The summed E-state index contributed by atoms with van der Waals surface area (Å²) >= 11 is 0. The average Bonchev–Trinajstić information content (AvgIpc) is 3.14. The standard InChI is InChI=1S/C31H33NO5/c1-7-37-23-13-11-22(12-14-23)32-28(21-10-8-9-19(4)15-21)27(30(34)31(32)35)29(33)25-17-24(18(2)3)26(36-6)16-20(25)5/h8-18,28,33H,7H2,1-6H3/b29-27+. The number of benzene rings is 3. The Morgan fingerprint density at radius 3 is 2.32 bits per heavy atom. The lowest BCUT2D eigenvalue weighted by molar-refractivity contribution is -0.132. The van der Waals surface area contributed by atoms with Crippen molar-refractivity contribution in [2.24, 2.45) is 0 Å². The summed E-state index contributed by atoms with van der Waals surface area (Å²) in [6, 6.07) is 17.6. The van der Waals surface area contributed by atoms with Gasteiger partial charge < -0.3 is 14.6 Å². The number of carbonyl (C=O) groups excluding carboxylic acids is 2. The molecule has 1 aliphatic rings. The first-order valence-electron chi connectivity index (χ1n) is 12.5. The van der Waals surface area contributed by atoms with Gasteiger partial charge in [-0.1, -0.05) is 43.7 Å². The van der Waals surface area contributed by atoms with Crippen LogP contribution in [0.15, 0.2) is 66.2 Å². The molecule has 1 atom stereocenters. The Morgan fingerprint density at radius 1 is 1.03 bits per heavy atom. The van der Waals surface area contributed by atoms with Gasteiger partial charge in [-0.2, -0.15) is 0 Å². The smallest absolute Gasteiger partial charge is 0.300 e. The van der Waals surface area contributed by atoms with E-state index in [-0.39, 0.29) is 17.3 Å². The van der Waals surface area contributed by atoms with Crippen LogP contribution >= 0.6 is 0 Å². The molecule has 6 nitrogen and oxygen atoms in total. The highest BCUT2D eigenvalue weighted by Gasteiger charge is 2.47. The fraction of sp³-hybridized carbons (Fsp3) is 0.290. The molecule has 1 heterocycles. The van der Waals surface area contributed by atoms with Crippen molar-refractivity contribution < 1.29 is 24.2 Å². The zero-order valence-electron chi connectivity index (χ0n) is 22.2. The van der Waals surface area contributed by atoms with E-state index in [4.69, 9.17) is 9.47 Å². The largest absolute Gasteiger partial charge is 0.507 e. The fourth-order valence-corrected chi connectivity index (χ4v) is 4.85. The summed E-state index contributed by atoms with van der Waals surface area (Å²) in [6.07, 6.45) is 0. The van der Waals surface area contributed by atoms with Crippen LogP contribution in [0.25, 0.3) is 5.76 Å². The number of Topliss-reactive ketones (excluding diaryl/α,β-unsaturated/α-hetero) is 1. The first kappa shape index (κ1) is 26.0. The highest BCUT2D eigenvalue weighted by atomic mass is 16.5. The summed E-state index contributed by atoms with van der Waals surface area (Å²) in [6.45, 7) is 10.3. The maximum Gasteiger partial charge on any atom is 0.300 e. The number of aliphatic hydroxyl groups excluding tert-OH is 1. The number of ether oxygens (including phenoxy) is 2. The van der Waals surface area contributed by atoms with Crippen molar-refractivity contribution in [1.29, 1.82) is 0 Å². The van der Waals surface area contributed by atoms with Crippen LogP contribution in [0.5, 0.6) is 11.5 Å². The number of methoxy groups -OCH3 is 1. The van der Waals surface area contributed by atoms with Crippen molar-refractivity contribution in [3.8, 4) is 11.5 Å². The Bertz CT molecular complexity index is 1370. The van der Waals surface area contributed by atoms with E-state index >= 15 is 0 Å². The number of hydrogen-bond acceptors (Lipinski definition) is 5. The van der Waals surface area contributed by atoms with Crippen LogP contribution in [0.1, 0.15) is 60.5 Å². The molecule has 1 saturated heterocycles. The summed E-state index contributed by atoms with van der Waals surface area (Å²) in [5.41, 5.74) is 4.49. The summed E-state index contributed by atoms with van der Waals surface area (Å²) in [4.78, 5) is 28.5. The van der Waals surface area contributed by atoms with Crippen LogP contribution < -0.4 is 14.4 Å². The number of rotatable bonds is 7. The summed E-state index contributed by atoms with van der Waals surface area (Å²) in [5, 5.41) is 11.7. The Hall–Kier alpha value is -4.06. The summed E-state index contributed by atoms with van der Waals surface area (Å²) in [7, 11) is 1.61. The average molecular weight is 500 g/mol. The van der Waals surface area contributed by atoms with Crippen LogP contribution in [0.4, 0.5) is 5.69 Å². The number of aliphatic hydroxyl groups is 1. The van der Waals surface area contributed by atoms with E-state index in [1.165, 1.54) is 4.90 Å². The minimum absolute atomic E-state index is 0.0625. The van der Waals surface area contributed by atoms with Crippen LogP contribution in [0.2, 0.25) is 0 Å². The van der Waals surface area contributed by atoms with E-state index < -0.39 is 17.7 Å². The fourth-order valence-electron chi connectivity index (χ4n) is 4.85. The third-order valence-corrected chi connectivity index (χ3v) is 6.68. The third-order valence-electron chi connectivity index (χ3n) is 6.68. The Morgan fingerprint density at radius 2 is 1.73 bits per heavy atom. The maximum absolute atomic E-state index is 13.5. The van der Waals surface area contributed by atoms with Gasteiger partial charge in [-0.05, 0) is 79.8 Å². The molecule has 1 N–H and O–H groups in total. The first-order valence-corrected chi connectivity index (χ1v) is 12.5. The molecule has 6 heteroatoms. The number of amides is 1. The van der Waals surface area contributed by atoms with Gasteiger partial charge in [0.2, 0.25) is 0 Å². The molecule has 192 valence electrons. The van der Waals surface area contributed by atoms with Crippen molar-refractivity contribution in [2.75, 3.05) is 18.6 Å². The maximum atomic E-state index is 13.5. The Kier molecular flexibility index (Phi) is 7.39. The van der Waals surface area contributed by atoms with Gasteiger partial charge in [0.1, 0.15) is 17.3 Å². The summed E-state index contributed by atoms with van der Waals surface area (Å²) < 4.78 is 11.1. The van der Waals surface area contributed by atoms with E-state index in [2.05, 4.69) is 0 Å². The van der Waals surface area contributed by atoms with Crippen LogP contribution in [0.3, 0.4) is 0 Å². The molecular formula is C31H33NO5. The second-order valence-electron chi connectivity index (χ2n) is 9.57. The van der Waals surface area contributed by atoms with Gasteiger partial charge in [0.05, 0.1) is 25.3 Å². The zero-order valence-corrected chi connectivity index (χ0v) is 22.2. The van der Waals surface area contributed by atoms with Gasteiger partial charge in [-0.25, -0.2) is 0 Å². The second-order valence-corrected chi connectivity index (χ2v) is 9.57. The highest BCUT2D eigenvalue weighted by molar-refractivity contribution is 6.51. The number of anilines is 1. The van der Waals surface area contributed by atoms with E-state index in [0.29, 0.717) is 29.4 Å². The molecule has 4 rings (SSSR count). The van der Waals surface area contributed by atoms with Crippen LogP contribution in [-0.2, 0) is 9.59 Å². The normalized spacial score (nSPS) is 16.9. The molecule has 3 aromatic carbocycles. The molecule has 1 unspecified atom stereocenters. The monoisotopic (exact) mass is 499 g/mol. The molecule has 1 amide bonds. The molecular weight excluding hydrogens is 466 g/mol. The Balaban J connectivity index is 1.95. The van der Waals surface area contributed by atoms with Crippen molar-refractivity contribution >= 4 is 23.1 Å². The predicted octanol–water partition coefficient (Wildman–Crippen LogP) is 6.46. The van der Waals surface area contributed by atoms with Crippen LogP contribution in [-0.4, -0.2) is 30.5 Å². The quantitative estimate of drug-likeness (QED) is 0.229.